The highest BCUT2D eigenvalue weighted by Crippen LogP contribution is 2.22. The van der Waals surface area contributed by atoms with Gasteiger partial charge in [-0.15, -0.1) is 0 Å². The number of halogens is 2. The van der Waals surface area contributed by atoms with Gasteiger partial charge in [0.1, 0.15) is 10.7 Å². The molecule has 0 atom stereocenters. The number of H-pyrrole nitrogens is 1. The highest BCUT2D eigenvalue weighted by molar-refractivity contribution is 9.10. The monoisotopic (exact) mass is 259 g/mol. The average molecular weight is 260 g/mol. The number of hydrogen-bond acceptors (Lipinski definition) is 3. The summed E-state index contributed by atoms with van der Waals surface area (Å²) in [5.74, 6) is 0. The third-order valence-corrected chi connectivity index (χ3v) is 2.60. The third-order valence-electron chi connectivity index (χ3n) is 1.48. The van der Waals surface area contributed by atoms with E-state index in [9.17, 15) is 4.79 Å². The molecule has 2 rings (SSSR count). The lowest BCUT2D eigenvalue weighted by atomic mass is 10.4. The van der Waals surface area contributed by atoms with Crippen LogP contribution in [0.1, 0.15) is 0 Å². The fourth-order valence-electron chi connectivity index (χ4n) is 0.924. The Morgan fingerprint density at radius 2 is 2.31 bits per heavy atom. The molecule has 6 heteroatoms. The summed E-state index contributed by atoms with van der Waals surface area (Å²) in [4.78, 5) is 21.2. The van der Waals surface area contributed by atoms with E-state index in [2.05, 4.69) is 30.9 Å². The molecule has 0 aliphatic carbocycles. The van der Waals surface area contributed by atoms with Crippen LogP contribution in [-0.4, -0.2) is 15.0 Å². The van der Waals surface area contributed by atoms with E-state index in [0.29, 0.717) is 20.8 Å². The predicted octanol–water partition coefficient (Wildman–Crippen LogP) is 1.73. The van der Waals surface area contributed by atoms with Gasteiger partial charge in [0.05, 0.1) is 10.7 Å². The second kappa shape index (κ2) is 3.08. The smallest absolute Gasteiger partial charge is 0.268 e. The van der Waals surface area contributed by atoms with Crippen LogP contribution in [0, 0.1) is 0 Å². The van der Waals surface area contributed by atoms with Gasteiger partial charge in [-0.25, -0.2) is 9.97 Å². The summed E-state index contributed by atoms with van der Waals surface area (Å²) >= 11 is 8.94. The second-order valence-electron chi connectivity index (χ2n) is 2.38. The SMILES string of the molecule is O=c1cnc2cc(Br)c(Cl)nc2[nH]1. The van der Waals surface area contributed by atoms with Crippen molar-refractivity contribution in [2.24, 2.45) is 0 Å². The molecule has 0 bridgehead atoms. The molecule has 0 saturated heterocycles. The van der Waals surface area contributed by atoms with Crippen molar-refractivity contribution >= 4 is 38.7 Å². The van der Waals surface area contributed by atoms with Crippen LogP contribution in [0.15, 0.2) is 21.5 Å². The molecule has 0 saturated carbocycles. The summed E-state index contributed by atoms with van der Waals surface area (Å²) in [6, 6.07) is 1.70. The molecular formula is C7H3BrClN3O. The molecule has 2 aromatic rings. The number of nitrogens with one attached hydrogen (secondary N) is 1. The molecule has 0 aliphatic rings. The Bertz CT molecular complexity index is 525. The Balaban J connectivity index is 2.89. The molecule has 0 unspecified atom stereocenters. The zero-order chi connectivity index (χ0) is 9.42. The number of hydrogen-bond donors (Lipinski definition) is 1. The summed E-state index contributed by atoms with van der Waals surface area (Å²) < 4.78 is 0.654. The molecule has 0 amide bonds. The molecule has 2 heterocycles. The summed E-state index contributed by atoms with van der Waals surface area (Å²) in [6.07, 6.45) is 1.20. The summed E-state index contributed by atoms with van der Waals surface area (Å²) in [7, 11) is 0. The van der Waals surface area contributed by atoms with Gasteiger partial charge in [-0.2, -0.15) is 0 Å². The Hall–Kier alpha value is -0.940. The van der Waals surface area contributed by atoms with E-state index in [-0.39, 0.29) is 5.56 Å². The van der Waals surface area contributed by atoms with Gasteiger partial charge in [0.15, 0.2) is 5.65 Å². The Kier molecular flexibility index (Phi) is 2.05. The number of rotatable bonds is 0. The molecule has 66 valence electrons. The maximum Gasteiger partial charge on any atom is 0.268 e. The van der Waals surface area contributed by atoms with Crippen LogP contribution >= 0.6 is 27.5 Å². The van der Waals surface area contributed by atoms with E-state index in [1.54, 1.807) is 6.07 Å². The van der Waals surface area contributed by atoms with Crippen LogP contribution in [0.5, 0.6) is 0 Å². The van der Waals surface area contributed by atoms with Crippen LogP contribution in [0.25, 0.3) is 11.2 Å². The van der Waals surface area contributed by atoms with Crippen molar-refractivity contribution in [3.8, 4) is 0 Å². The first kappa shape index (κ1) is 8.65. The maximum atomic E-state index is 10.9. The van der Waals surface area contributed by atoms with Gasteiger partial charge < -0.3 is 4.98 Å². The van der Waals surface area contributed by atoms with Crippen molar-refractivity contribution in [1.82, 2.24) is 15.0 Å². The van der Waals surface area contributed by atoms with Gasteiger partial charge in [-0.3, -0.25) is 4.79 Å². The standard InChI is InChI=1S/C7H3BrClN3O/c8-3-1-4-7(12-6(3)9)11-5(13)2-10-4/h1-2H,(H,11,12,13). The molecular weight excluding hydrogens is 257 g/mol. The number of aromatic nitrogens is 3. The number of pyridine rings is 1. The molecule has 0 spiro atoms. The first-order chi connectivity index (χ1) is 6.16. The zero-order valence-corrected chi connectivity index (χ0v) is 8.56. The van der Waals surface area contributed by atoms with E-state index in [1.165, 1.54) is 6.20 Å². The summed E-state index contributed by atoms with van der Waals surface area (Å²) in [5, 5.41) is 0.302. The quantitative estimate of drug-likeness (QED) is 0.734. The summed E-state index contributed by atoms with van der Waals surface area (Å²) in [5.41, 5.74) is 0.690. The molecule has 0 fully saturated rings. The molecule has 0 radical (unpaired) electrons. The minimum absolute atomic E-state index is 0.293. The van der Waals surface area contributed by atoms with Crippen molar-refractivity contribution in [3.63, 3.8) is 0 Å². The normalized spacial score (nSPS) is 10.6. The van der Waals surface area contributed by atoms with E-state index < -0.39 is 0 Å². The van der Waals surface area contributed by atoms with E-state index in [0.717, 1.165) is 0 Å². The van der Waals surface area contributed by atoms with Crippen molar-refractivity contribution in [3.05, 3.63) is 32.2 Å². The van der Waals surface area contributed by atoms with Gasteiger partial charge in [-0.05, 0) is 22.0 Å². The molecule has 13 heavy (non-hydrogen) atoms. The topological polar surface area (TPSA) is 58.6 Å². The Labute approximate surface area is 86.1 Å². The fraction of sp³-hybridized carbons (Fsp3) is 0. The first-order valence-corrected chi connectivity index (χ1v) is 4.55. The number of aromatic amines is 1. The molecule has 1 N–H and O–H groups in total. The van der Waals surface area contributed by atoms with Crippen LogP contribution in [0.2, 0.25) is 5.15 Å². The first-order valence-electron chi connectivity index (χ1n) is 3.38. The molecule has 0 aromatic carbocycles. The van der Waals surface area contributed by atoms with Crippen molar-refractivity contribution in [2.75, 3.05) is 0 Å². The Morgan fingerprint density at radius 1 is 1.54 bits per heavy atom. The largest absolute Gasteiger partial charge is 0.304 e. The maximum absolute atomic E-state index is 10.9. The zero-order valence-electron chi connectivity index (χ0n) is 6.21. The van der Waals surface area contributed by atoms with Crippen molar-refractivity contribution in [1.29, 1.82) is 0 Å². The molecule has 2 aromatic heterocycles. The highest BCUT2D eigenvalue weighted by Gasteiger charge is 2.03. The fourth-order valence-corrected chi connectivity index (χ4v) is 1.37. The van der Waals surface area contributed by atoms with Crippen molar-refractivity contribution < 1.29 is 0 Å². The van der Waals surface area contributed by atoms with Crippen molar-refractivity contribution in [2.45, 2.75) is 0 Å². The van der Waals surface area contributed by atoms with Gasteiger partial charge in [0.2, 0.25) is 0 Å². The predicted molar refractivity (Wildman–Crippen MR) is 52.9 cm³/mol. The van der Waals surface area contributed by atoms with E-state index in [4.69, 9.17) is 11.6 Å². The van der Waals surface area contributed by atoms with Crippen LogP contribution in [-0.2, 0) is 0 Å². The number of nitrogens with zero attached hydrogens (tertiary/aromatic N) is 2. The van der Waals surface area contributed by atoms with Crippen LogP contribution < -0.4 is 5.56 Å². The van der Waals surface area contributed by atoms with Crippen LogP contribution in [0.3, 0.4) is 0 Å². The van der Waals surface area contributed by atoms with Gasteiger partial charge >= 0.3 is 0 Å². The Morgan fingerprint density at radius 3 is 3.08 bits per heavy atom. The molecule has 0 aliphatic heterocycles. The highest BCUT2D eigenvalue weighted by atomic mass is 79.9. The van der Waals surface area contributed by atoms with E-state index in [1.807, 2.05) is 0 Å². The van der Waals surface area contributed by atoms with Gasteiger partial charge in [0, 0.05) is 0 Å². The third kappa shape index (κ3) is 1.57. The minimum atomic E-state index is -0.293. The molecule has 4 nitrogen and oxygen atoms in total. The number of fused-ring (bicyclic) bond motifs is 1. The lowest BCUT2D eigenvalue weighted by Gasteiger charge is -1.97. The average Bonchev–Trinajstić information content (AvgIpc) is 2.08. The lowest BCUT2D eigenvalue weighted by molar-refractivity contribution is 1.16. The lowest BCUT2D eigenvalue weighted by Crippen LogP contribution is -2.06. The van der Waals surface area contributed by atoms with E-state index >= 15 is 0 Å². The van der Waals surface area contributed by atoms with Gasteiger partial charge in [-0.1, -0.05) is 11.6 Å². The minimum Gasteiger partial charge on any atom is -0.304 e. The second-order valence-corrected chi connectivity index (χ2v) is 3.59. The van der Waals surface area contributed by atoms with Gasteiger partial charge in [0.25, 0.3) is 5.56 Å². The summed E-state index contributed by atoms with van der Waals surface area (Å²) in [6.45, 7) is 0. The van der Waals surface area contributed by atoms with Crippen LogP contribution in [0.4, 0.5) is 0 Å².